The molecule has 1 heterocycles. The van der Waals surface area contributed by atoms with Gasteiger partial charge in [-0.2, -0.15) is 0 Å². The number of aliphatic hydroxyl groups excluding tert-OH is 1. The van der Waals surface area contributed by atoms with Gasteiger partial charge in [0.25, 0.3) is 0 Å². The van der Waals surface area contributed by atoms with E-state index in [-0.39, 0.29) is 30.4 Å². The largest absolute Gasteiger partial charge is 0.466 e. The number of likely N-dealkylation sites (tertiary alicyclic amines) is 1. The lowest BCUT2D eigenvalue weighted by atomic mass is 9.87. The topological polar surface area (TPSA) is 59.0 Å². The third-order valence-corrected chi connectivity index (χ3v) is 4.06. The van der Waals surface area contributed by atoms with Gasteiger partial charge in [0.15, 0.2) is 0 Å². The monoisotopic (exact) mass is 307 g/mol. The lowest BCUT2D eigenvalue weighted by Crippen LogP contribution is -2.39. The van der Waals surface area contributed by atoms with E-state index in [1.54, 1.807) is 0 Å². The summed E-state index contributed by atoms with van der Waals surface area (Å²) in [5, 5.41) is 9.97. The molecule has 2 rings (SSSR count). The van der Waals surface area contributed by atoms with Crippen LogP contribution in [0.4, 0.5) is 0 Å². The van der Waals surface area contributed by atoms with E-state index in [9.17, 15) is 9.90 Å². The number of nitrogens with zero attached hydrogens (tertiary/aromatic N) is 1. The first-order chi connectivity index (χ1) is 9.20. The highest BCUT2D eigenvalue weighted by Crippen LogP contribution is 2.28. The number of carbonyl (C=O) groups is 1. The third-order valence-electron chi connectivity index (χ3n) is 4.06. The van der Waals surface area contributed by atoms with Gasteiger partial charge in [-0.05, 0) is 45.4 Å². The first-order valence-corrected chi connectivity index (χ1v) is 7.45. The normalized spacial score (nSPS) is 28.7. The molecule has 0 aromatic heterocycles. The van der Waals surface area contributed by atoms with Gasteiger partial charge < -0.3 is 14.6 Å². The smallest absolute Gasteiger partial charge is 0.308 e. The molecule has 1 saturated heterocycles. The fourth-order valence-corrected chi connectivity index (χ4v) is 2.92. The van der Waals surface area contributed by atoms with Gasteiger partial charge in [0.2, 0.25) is 6.41 Å². The van der Waals surface area contributed by atoms with Gasteiger partial charge in [0.05, 0.1) is 18.6 Å². The molecule has 2 aliphatic rings. The molecule has 1 atom stereocenters. The molecule has 2 fully saturated rings. The second-order valence-corrected chi connectivity index (χ2v) is 5.43. The molecule has 0 amide bonds. The number of carbonyl (C=O) groups excluding carboxylic acids is 1. The van der Waals surface area contributed by atoms with E-state index < -0.39 is 6.41 Å². The summed E-state index contributed by atoms with van der Waals surface area (Å²) in [4.78, 5) is 13.6. The Morgan fingerprint density at radius 3 is 2.40 bits per heavy atom. The van der Waals surface area contributed by atoms with Gasteiger partial charge in [0, 0.05) is 13.1 Å². The quantitative estimate of drug-likeness (QED) is 0.621. The van der Waals surface area contributed by atoms with Crippen LogP contribution in [0.15, 0.2) is 0 Å². The molecule has 6 heteroatoms. The Bertz CT molecular complexity index is 289. The number of aliphatic hydroxyl groups is 1. The van der Waals surface area contributed by atoms with Crippen molar-refractivity contribution in [1.82, 2.24) is 4.90 Å². The fraction of sp³-hybridized carbons (Fsp3) is 0.929. The van der Waals surface area contributed by atoms with Gasteiger partial charge in [-0.25, -0.2) is 0 Å². The molecule has 5 nitrogen and oxygen atoms in total. The third kappa shape index (κ3) is 4.88. The molecule has 1 N–H and O–H groups in total. The highest BCUT2D eigenvalue weighted by Gasteiger charge is 2.30. The van der Waals surface area contributed by atoms with E-state index in [0.717, 1.165) is 51.6 Å². The number of halogens is 1. The van der Waals surface area contributed by atoms with Gasteiger partial charge in [-0.15, -0.1) is 12.4 Å². The molecule has 20 heavy (non-hydrogen) atoms. The minimum atomic E-state index is -0.772. The second-order valence-electron chi connectivity index (χ2n) is 5.43. The predicted molar refractivity (Wildman–Crippen MR) is 77.5 cm³/mol. The van der Waals surface area contributed by atoms with E-state index >= 15 is 0 Å². The van der Waals surface area contributed by atoms with Crippen LogP contribution in [-0.4, -0.2) is 48.2 Å². The first-order valence-electron chi connectivity index (χ1n) is 7.45. The Hall–Kier alpha value is -0.360. The second kappa shape index (κ2) is 8.82. The molecule has 0 radical (unpaired) electrons. The molecule has 118 valence electrons. The van der Waals surface area contributed by atoms with Gasteiger partial charge in [-0.1, -0.05) is 0 Å². The summed E-state index contributed by atoms with van der Waals surface area (Å²) in [5.41, 5.74) is 0. The average Bonchev–Trinajstić information content (AvgIpc) is 2.94. The van der Waals surface area contributed by atoms with Crippen molar-refractivity contribution in [3.05, 3.63) is 0 Å². The van der Waals surface area contributed by atoms with Crippen molar-refractivity contribution in [2.75, 3.05) is 19.7 Å². The van der Waals surface area contributed by atoms with Crippen molar-refractivity contribution in [2.24, 2.45) is 5.92 Å². The van der Waals surface area contributed by atoms with Crippen LogP contribution in [0.1, 0.15) is 45.4 Å². The minimum Gasteiger partial charge on any atom is -0.466 e. The SMILES string of the molecule is CCOC(=O)C1CCC(OC(O)N2CCCC2)CC1.Cl. The van der Waals surface area contributed by atoms with Crippen molar-refractivity contribution < 1.29 is 19.4 Å². The summed E-state index contributed by atoms with van der Waals surface area (Å²) in [6.45, 7) is 4.11. The molecule has 0 aromatic rings. The number of rotatable bonds is 5. The molecule has 1 saturated carbocycles. The molecular weight excluding hydrogens is 282 g/mol. The van der Waals surface area contributed by atoms with Crippen molar-refractivity contribution >= 4 is 18.4 Å². The number of ether oxygens (including phenoxy) is 2. The van der Waals surface area contributed by atoms with Gasteiger partial charge in [0.1, 0.15) is 0 Å². The maximum Gasteiger partial charge on any atom is 0.308 e. The Balaban J connectivity index is 0.00000200. The average molecular weight is 308 g/mol. The first kappa shape index (κ1) is 17.7. The standard InChI is InChI=1S/C14H25NO4.ClH/c1-2-18-13(16)11-5-7-12(8-6-11)19-14(17)15-9-3-4-10-15;/h11-12,14,17H,2-10H2,1H3;1H. The van der Waals surface area contributed by atoms with Crippen LogP contribution in [0.2, 0.25) is 0 Å². The van der Waals surface area contributed by atoms with E-state index in [1.165, 1.54) is 0 Å². The van der Waals surface area contributed by atoms with Crippen molar-refractivity contribution in [1.29, 1.82) is 0 Å². The number of esters is 1. The van der Waals surface area contributed by atoms with Crippen LogP contribution in [0.25, 0.3) is 0 Å². The molecule has 0 aromatic carbocycles. The maximum atomic E-state index is 11.6. The zero-order valence-electron chi connectivity index (χ0n) is 12.1. The molecule has 0 spiro atoms. The molecule has 1 unspecified atom stereocenters. The van der Waals surface area contributed by atoms with Crippen LogP contribution in [0.3, 0.4) is 0 Å². The molecule has 0 bridgehead atoms. The summed E-state index contributed by atoms with van der Waals surface area (Å²) in [6.07, 6.45) is 4.83. The summed E-state index contributed by atoms with van der Waals surface area (Å²) in [7, 11) is 0. The Morgan fingerprint density at radius 2 is 1.85 bits per heavy atom. The van der Waals surface area contributed by atoms with Crippen molar-refractivity contribution in [2.45, 2.75) is 58.0 Å². The summed E-state index contributed by atoms with van der Waals surface area (Å²) < 4.78 is 10.7. The highest BCUT2D eigenvalue weighted by molar-refractivity contribution is 5.85. The summed E-state index contributed by atoms with van der Waals surface area (Å²) >= 11 is 0. The zero-order chi connectivity index (χ0) is 13.7. The fourth-order valence-electron chi connectivity index (χ4n) is 2.92. The van der Waals surface area contributed by atoms with E-state index in [4.69, 9.17) is 9.47 Å². The van der Waals surface area contributed by atoms with Crippen molar-refractivity contribution in [3.8, 4) is 0 Å². The molecule has 1 aliphatic heterocycles. The van der Waals surface area contributed by atoms with Crippen LogP contribution in [-0.2, 0) is 14.3 Å². The Labute approximate surface area is 127 Å². The zero-order valence-corrected chi connectivity index (χ0v) is 12.9. The van der Waals surface area contributed by atoms with Crippen LogP contribution >= 0.6 is 12.4 Å². The van der Waals surface area contributed by atoms with Gasteiger partial charge in [-0.3, -0.25) is 9.69 Å². The Morgan fingerprint density at radius 1 is 1.25 bits per heavy atom. The maximum absolute atomic E-state index is 11.6. The Kier molecular flexibility index (Phi) is 7.80. The highest BCUT2D eigenvalue weighted by atomic mass is 35.5. The van der Waals surface area contributed by atoms with Crippen molar-refractivity contribution in [3.63, 3.8) is 0 Å². The lowest BCUT2D eigenvalue weighted by Gasteiger charge is -2.31. The van der Waals surface area contributed by atoms with Crippen LogP contribution in [0.5, 0.6) is 0 Å². The van der Waals surface area contributed by atoms with E-state index in [2.05, 4.69) is 0 Å². The van der Waals surface area contributed by atoms with Crippen LogP contribution in [0, 0.1) is 5.92 Å². The number of hydrogen-bond acceptors (Lipinski definition) is 5. The van der Waals surface area contributed by atoms with E-state index in [0.29, 0.717) is 6.61 Å². The molecular formula is C14H26ClNO4. The molecule has 1 aliphatic carbocycles. The minimum absolute atomic E-state index is 0. The van der Waals surface area contributed by atoms with E-state index in [1.807, 2.05) is 11.8 Å². The summed E-state index contributed by atoms with van der Waals surface area (Å²) in [5.74, 6) is -0.0650. The predicted octanol–water partition coefficient (Wildman–Crippen LogP) is 1.92. The summed E-state index contributed by atoms with van der Waals surface area (Å²) in [6, 6.07) is 0. The van der Waals surface area contributed by atoms with Crippen LogP contribution < -0.4 is 0 Å². The lowest BCUT2D eigenvalue weighted by molar-refractivity contribution is -0.218. The van der Waals surface area contributed by atoms with Gasteiger partial charge >= 0.3 is 5.97 Å². The number of hydrogen-bond donors (Lipinski definition) is 1.